The zero-order valence-electron chi connectivity index (χ0n) is 13.1. The summed E-state index contributed by atoms with van der Waals surface area (Å²) in [6.07, 6.45) is 4.46. The van der Waals surface area contributed by atoms with Crippen LogP contribution in [0.1, 0.15) is 25.7 Å². The van der Waals surface area contributed by atoms with Crippen LogP contribution < -0.4 is 5.32 Å². The van der Waals surface area contributed by atoms with Gasteiger partial charge in [0, 0.05) is 26.2 Å². The summed E-state index contributed by atoms with van der Waals surface area (Å²) in [5.74, 6) is 0.446. The Balaban J connectivity index is 0.00000176. The third kappa shape index (κ3) is 4.12. The molecule has 3 heterocycles. The minimum absolute atomic E-state index is 0. The molecule has 126 valence electrons. The van der Waals surface area contributed by atoms with E-state index in [1.165, 1.54) is 12.8 Å². The molecule has 3 saturated heterocycles. The molecule has 0 unspecified atom stereocenters. The number of carbonyl (C=O) groups is 2. The molecule has 3 rings (SSSR count). The maximum atomic E-state index is 12.3. The highest BCUT2D eigenvalue weighted by Gasteiger charge is 2.30. The quantitative estimate of drug-likeness (QED) is 0.787. The number of amides is 2. The summed E-state index contributed by atoms with van der Waals surface area (Å²) in [7, 11) is 0. The van der Waals surface area contributed by atoms with Gasteiger partial charge in [-0.2, -0.15) is 0 Å². The molecule has 6 nitrogen and oxygen atoms in total. The number of hydrogen-bond acceptors (Lipinski definition) is 4. The minimum Gasteiger partial charge on any atom is -0.338 e. The first-order valence-electron chi connectivity index (χ1n) is 8.26. The normalized spacial score (nSPS) is 26.1. The van der Waals surface area contributed by atoms with Gasteiger partial charge in [-0.1, -0.05) is 0 Å². The Morgan fingerprint density at radius 2 is 1.55 bits per heavy atom. The standard InChI is InChI=1S/C15H26N4O2.ClH/c20-14(12-17-6-1-2-7-17)18-8-10-19(11-9-18)15(21)13-4-3-5-16-13;/h13,16H,1-12H2;1H/t13-;/m0./s1. The predicted molar refractivity (Wildman–Crippen MR) is 87.1 cm³/mol. The van der Waals surface area contributed by atoms with Gasteiger partial charge in [0.15, 0.2) is 0 Å². The molecule has 0 radical (unpaired) electrons. The Labute approximate surface area is 138 Å². The SMILES string of the molecule is Cl.O=C(CN1CCCC1)N1CCN(C(=O)[C@@H]2CCCN2)CC1. The van der Waals surface area contributed by atoms with Gasteiger partial charge >= 0.3 is 0 Å². The van der Waals surface area contributed by atoms with E-state index in [9.17, 15) is 9.59 Å². The first kappa shape index (κ1) is 17.5. The van der Waals surface area contributed by atoms with Gasteiger partial charge < -0.3 is 15.1 Å². The van der Waals surface area contributed by atoms with E-state index in [2.05, 4.69) is 10.2 Å². The lowest BCUT2D eigenvalue weighted by molar-refractivity contribution is -0.141. The minimum atomic E-state index is 0. The average Bonchev–Trinajstić information content (AvgIpc) is 3.20. The molecule has 7 heteroatoms. The van der Waals surface area contributed by atoms with Crippen molar-refractivity contribution >= 4 is 24.2 Å². The highest BCUT2D eigenvalue weighted by molar-refractivity contribution is 5.85. The lowest BCUT2D eigenvalue weighted by Gasteiger charge is -2.36. The van der Waals surface area contributed by atoms with E-state index in [0.29, 0.717) is 32.7 Å². The summed E-state index contributed by atoms with van der Waals surface area (Å²) >= 11 is 0. The molecule has 0 saturated carbocycles. The van der Waals surface area contributed by atoms with Gasteiger partial charge in [0.1, 0.15) is 0 Å². The van der Waals surface area contributed by atoms with Crippen LogP contribution in [0.5, 0.6) is 0 Å². The van der Waals surface area contributed by atoms with Crippen LogP contribution in [0.4, 0.5) is 0 Å². The Bertz CT molecular complexity index is 387. The van der Waals surface area contributed by atoms with Crippen molar-refractivity contribution in [2.45, 2.75) is 31.7 Å². The summed E-state index contributed by atoms with van der Waals surface area (Å²) < 4.78 is 0. The van der Waals surface area contributed by atoms with Crippen molar-refractivity contribution in [1.82, 2.24) is 20.0 Å². The Morgan fingerprint density at radius 1 is 0.909 bits per heavy atom. The van der Waals surface area contributed by atoms with E-state index in [-0.39, 0.29) is 30.3 Å². The van der Waals surface area contributed by atoms with Crippen molar-refractivity contribution in [2.75, 3.05) is 52.4 Å². The van der Waals surface area contributed by atoms with Gasteiger partial charge in [-0.05, 0) is 45.3 Å². The maximum absolute atomic E-state index is 12.3. The molecule has 0 bridgehead atoms. The lowest BCUT2D eigenvalue weighted by atomic mass is 10.2. The zero-order valence-corrected chi connectivity index (χ0v) is 13.9. The molecular weight excluding hydrogens is 304 g/mol. The molecular formula is C15H27ClN4O2. The number of hydrogen-bond donors (Lipinski definition) is 1. The second-order valence-electron chi connectivity index (χ2n) is 6.34. The van der Waals surface area contributed by atoms with Gasteiger partial charge in [-0.25, -0.2) is 0 Å². The molecule has 1 N–H and O–H groups in total. The van der Waals surface area contributed by atoms with Crippen LogP contribution in [0.3, 0.4) is 0 Å². The molecule has 0 spiro atoms. The number of likely N-dealkylation sites (tertiary alicyclic amines) is 1. The monoisotopic (exact) mass is 330 g/mol. The van der Waals surface area contributed by atoms with Crippen LogP contribution in [-0.4, -0.2) is 84.9 Å². The molecule has 22 heavy (non-hydrogen) atoms. The molecule has 2 amide bonds. The average molecular weight is 331 g/mol. The fourth-order valence-electron chi connectivity index (χ4n) is 3.52. The molecule has 0 aromatic rings. The van der Waals surface area contributed by atoms with Gasteiger partial charge in [-0.3, -0.25) is 14.5 Å². The lowest BCUT2D eigenvalue weighted by Crippen LogP contribution is -2.55. The molecule has 0 aromatic carbocycles. The topological polar surface area (TPSA) is 55.9 Å². The van der Waals surface area contributed by atoms with Gasteiger partial charge in [0.25, 0.3) is 0 Å². The number of nitrogens with one attached hydrogen (secondary N) is 1. The summed E-state index contributed by atoms with van der Waals surface area (Å²) in [5.41, 5.74) is 0. The van der Waals surface area contributed by atoms with Crippen molar-refractivity contribution in [3.8, 4) is 0 Å². The highest BCUT2D eigenvalue weighted by Crippen LogP contribution is 2.12. The predicted octanol–water partition coefficient (Wildman–Crippen LogP) is -0.0732. The van der Waals surface area contributed by atoms with Crippen LogP contribution in [0.15, 0.2) is 0 Å². The van der Waals surface area contributed by atoms with Crippen LogP contribution in [0.25, 0.3) is 0 Å². The molecule has 0 aromatic heterocycles. The van der Waals surface area contributed by atoms with Crippen LogP contribution >= 0.6 is 12.4 Å². The van der Waals surface area contributed by atoms with Crippen LogP contribution in [0.2, 0.25) is 0 Å². The number of piperazine rings is 1. The summed E-state index contributed by atoms with van der Waals surface area (Å²) in [4.78, 5) is 30.6. The van der Waals surface area contributed by atoms with E-state index >= 15 is 0 Å². The molecule has 3 aliphatic rings. The van der Waals surface area contributed by atoms with E-state index in [1.54, 1.807) is 0 Å². The Kier molecular flexibility index (Phi) is 6.47. The van der Waals surface area contributed by atoms with Crippen molar-refractivity contribution in [3.63, 3.8) is 0 Å². The highest BCUT2D eigenvalue weighted by atomic mass is 35.5. The molecule has 3 fully saturated rings. The third-order valence-corrected chi connectivity index (χ3v) is 4.86. The number of halogens is 1. The summed E-state index contributed by atoms with van der Waals surface area (Å²) in [5, 5.41) is 3.26. The largest absolute Gasteiger partial charge is 0.338 e. The number of nitrogens with zero attached hydrogens (tertiary/aromatic N) is 3. The Morgan fingerprint density at radius 3 is 2.14 bits per heavy atom. The smallest absolute Gasteiger partial charge is 0.239 e. The molecule has 0 aliphatic carbocycles. The number of carbonyl (C=O) groups excluding carboxylic acids is 2. The van der Waals surface area contributed by atoms with Crippen LogP contribution in [0, 0.1) is 0 Å². The van der Waals surface area contributed by atoms with Gasteiger partial charge in [0.05, 0.1) is 12.6 Å². The fourth-order valence-corrected chi connectivity index (χ4v) is 3.52. The van der Waals surface area contributed by atoms with Crippen molar-refractivity contribution in [1.29, 1.82) is 0 Å². The third-order valence-electron chi connectivity index (χ3n) is 4.86. The summed E-state index contributed by atoms with van der Waals surface area (Å²) in [6, 6.07) is 0.0110. The van der Waals surface area contributed by atoms with Crippen molar-refractivity contribution in [3.05, 3.63) is 0 Å². The van der Waals surface area contributed by atoms with Crippen molar-refractivity contribution in [2.24, 2.45) is 0 Å². The first-order valence-corrected chi connectivity index (χ1v) is 8.26. The Hall–Kier alpha value is -0.850. The van der Waals surface area contributed by atoms with Crippen LogP contribution in [-0.2, 0) is 9.59 Å². The second-order valence-corrected chi connectivity index (χ2v) is 6.34. The maximum Gasteiger partial charge on any atom is 0.239 e. The van der Waals surface area contributed by atoms with Gasteiger partial charge in [-0.15, -0.1) is 12.4 Å². The van der Waals surface area contributed by atoms with Gasteiger partial charge in [0.2, 0.25) is 11.8 Å². The molecule has 1 atom stereocenters. The van der Waals surface area contributed by atoms with Crippen molar-refractivity contribution < 1.29 is 9.59 Å². The summed E-state index contributed by atoms with van der Waals surface area (Å²) in [6.45, 7) is 6.35. The van der Waals surface area contributed by atoms with E-state index < -0.39 is 0 Å². The van der Waals surface area contributed by atoms with E-state index in [0.717, 1.165) is 32.5 Å². The fraction of sp³-hybridized carbons (Fsp3) is 0.867. The van der Waals surface area contributed by atoms with E-state index in [1.807, 2.05) is 9.80 Å². The first-order chi connectivity index (χ1) is 10.2. The van der Waals surface area contributed by atoms with E-state index in [4.69, 9.17) is 0 Å². The second kappa shape index (κ2) is 8.13. The zero-order chi connectivity index (χ0) is 14.7. The molecule has 3 aliphatic heterocycles. The number of rotatable bonds is 3.